The average Bonchev–Trinajstić information content (AvgIpc) is 2.91. The Morgan fingerprint density at radius 1 is 1.30 bits per heavy atom. The second-order valence-corrected chi connectivity index (χ2v) is 7.12. The minimum Gasteiger partial charge on any atom is -0.382 e. The Morgan fingerprint density at radius 3 is 2.87 bits per heavy atom. The van der Waals surface area contributed by atoms with Gasteiger partial charge >= 0.3 is 0 Å². The van der Waals surface area contributed by atoms with Gasteiger partial charge in [0.1, 0.15) is 0 Å². The van der Waals surface area contributed by atoms with Crippen LogP contribution in [-0.4, -0.2) is 51.0 Å². The SMILES string of the molecule is CCNC(=NCCCCOCC)NC1C2CCOC2C12CCC2. The highest BCUT2D eigenvalue weighted by Gasteiger charge is 2.66. The fraction of sp³-hybridized carbons (Fsp3) is 0.944. The van der Waals surface area contributed by atoms with E-state index in [4.69, 9.17) is 14.5 Å². The van der Waals surface area contributed by atoms with Crippen LogP contribution >= 0.6 is 0 Å². The van der Waals surface area contributed by atoms with Crippen LogP contribution < -0.4 is 10.6 Å². The Labute approximate surface area is 140 Å². The van der Waals surface area contributed by atoms with Crippen molar-refractivity contribution in [2.45, 2.75) is 64.5 Å². The molecule has 3 unspecified atom stereocenters. The zero-order valence-electron chi connectivity index (χ0n) is 14.8. The lowest BCUT2D eigenvalue weighted by Gasteiger charge is -2.63. The first-order chi connectivity index (χ1) is 11.3. The van der Waals surface area contributed by atoms with Gasteiger partial charge in [0.15, 0.2) is 5.96 Å². The smallest absolute Gasteiger partial charge is 0.191 e. The highest BCUT2D eigenvalue weighted by Crippen LogP contribution is 2.62. The zero-order valence-corrected chi connectivity index (χ0v) is 14.8. The number of hydrogen-bond donors (Lipinski definition) is 2. The van der Waals surface area contributed by atoms with Gasteiger partial charge in [-0.05, 0) is 46.0 Å². The van der Waals surface area contributed by atoms with Crippen LogP contribution in [0.3, 0.4) is 0 Å². The van der Waals surface area contributed by atoms with Gasteiger partial charge in [0.05, 0.1) is 6.10 Å². The quantitative estimate of drug-likeness (QED) is 0.409. The number of fused-ring (bicyclic) bond motifs is 2. The average molecular weight is 323 g/mol. The normalized spacial score (nSPS) is 31.4. The van der Waals surface area contributed by atoms with E-state index in [-0.39, 0.29) is 0 Å². The molecule has 2 saturated carbocycles. The van der Waals surface area contributed by atoms with Crippen molar-refractivity contribution in [1.29, 1.82) is 0 Å². The lowest BCUT2D eigenvalue weighted by atomic mass is 9.46. The first kappa shape index (κ1) is 17.0. The zero-order chi connectivity index (χ0) is 16.1. The van der Waals surface area contributed by atoms with Crippen molar-refractivity contribution in [3.63, 3.8) is 0 Å². The van der Waals surface area contributed by atoms with Crippen molar-refractivity contribution in [2.75, 3.05) is 32.9 Å². The van der Waals surface area contributed by atoms with Gasteiger partial charge in [0.25, 0.3) is 0 Å². The molecule has 0 amide bonds. The summed E-state index contributed by atoms with van der Waals surface area (Å²) in [7, 11) is 0. The highest BCUT2D eigenvalue weighted by molar-refractivity contribution is 5.80. The van der Waals surface area contributed by atoms with Gasteiger partial charge in [-0.1, -0.05) is 6.42 Å². The second-order valence-electron chi connectivity index (χ2n) is 7.12. The van der Waals surface area contributed by atoms with E-state index in [1.54, 1.807) is 0 Å². The third kappa shape index (κ3) is 3.36. The maximum atomic E-state index is 6.00. The van der Waals surface area contributed by atoms with Crippen molar-refractivity contribution < 1.29 is 9.47 Å². The number of ether oxygens (including phenoxy) is 2. The number of rotatable bonds is 8. The minimum absolute atomic E-state index is 0.409. The first-order valence-corrected chi connectivity index (χ1v) is 9.56. The second kappa shape index (κ2) is 7.84. The predicted octanol–water partition coefficient (Wildman–Crippen LogP) is 2.32. The van der Waals surface area contributed by atoms with E-state index >= 15 is 0 Å². The maximum absolute atomic E-state index is 6.00. The number of hydrogen-bond acceptors (Lipinski definition) is 3. The topological polar surface area (TPSA) is 54.9 Å². The van der Waals surface area contributed by atoms with Crippen LogP contribution in [0.4, 0.5) is 0 Å². The first-order valence-electron chi connectivity index (χ1n) is 9.56. The fourth-order valence-corrected chi connectivity index (χ4v) is 4.57. The summed E-state index contributed by atoms with van der Waals surface area (Å²) in [5, 5.41) is 7.16. The Morgan fingerprint density at radius 2 is 2.17 bits per heavy atom. The third-order valence-corrected chi connectivity index (χ3v) is 5.84. The Balaban J connectivity index is 1.50. The predicted molar refractivity (Wildman–Crippen MR) is 92.8 cm³/mol. The van der Waals surface area contributed by atoms with E-state index in [1.807, 2.05) is 6.92 Å². The van der Waals surface area contributed by atoms with Crippen LogP contribution in [-0.2, 0) is 9.47 Å². The number of guanidine groups is 1. The molecule has 0 aromatic carbocycles. The number of aliphatic imine (C=N–C) groups is 1. The molecule has 3 aliphatic rings. The van der Waals surface area contributed by atoms with Crippen molar-refractivity contribution in [2.24, 2.45) is 16.3 Å². The van der Waals surface area contributed by atoms with Gasteiger partial charge in [-0.3, -0.25) is 4.99 Å². The maximum Gasteiger partial charge on any atom is 0.191 e. The van der Waals surface area contributed by atoms with E-state index in [2.05, 4.69) is 17.6 Å². The summed E-state index contributed by atoms with van der Waals surface area (Å²) in [5.74, 6) is 1.68. The lowest BCUT2D eigenvalue weighted by Crippen LogP contribution is -2.72. The Kier molecular flexibility index (Phi) is 5.81. The van der Waals surface area contributed by atoms with Crippen LogP contribution in [0.2, 0.25) is 0 Å². The van der Waals surface area contributed by atoms with Gasteiger partial charge in [0, 0.05) is 50.3 Å². The molecule has 3 atom stereocenters. The molecule has 2 aliphatic carbocycles. The molecule has 132 valence electrons. The molecule has 1 saturated heterocycles. The molecule has 0 aromatic rings. The summed E-state index contributed by atoms with van der Waals surface area (Å²) in [4.78, 5) is 4.77. The van der Waals surface area contributed by atoms with E-state index in [1.165, 1.54) is 25.7 Å². The van der Waals surface area contributed by atoms with E-state index in [0.717, 1.165) is 51.7 Å². The molecule has 5 heteroatoms. The van der Waals surface area contributed by atoms with E-state index in [9.17, 15) is 0 Å². The molecule has 5 nitrogen and oxygen atoms in total. The van der Waals surface area contributed by atoms with Crippen molar-refractivity contribution in [1.82, 2.24) is 10.6 Å². The molecule has 0 radical (unpaired) electrons. The molecule has 3 rings (SSSR count). The molecule has 3 fully saturated rings. The molecule has 0 aromatic heterocycles. The van der Waals surface area contributed by atoms with Crippen LogP contribution in [0.1, 0.15) is 52.4 Å². The van der Waals surface area contributed by atoms with E-state index in [0.29, 0.717) is 23.5 Å². The Bertz CT molecular complexity index is 409. The fourth-order valence-electron chi connectivity index (χ4n) is 4.57. The van der Waals surface area contributed by atoms with Gasteiger partial charge < -0.3 is 20.1 Å². The summed E-state index contributed by atoms with van der Waals surface area (Å²) >= 11 is 0. The molecule has 1 heterocycles. The molecule has 1 spiro atoms. The standard InChI is InChI=1S/C18H33N3O2/c1-3-19-17(20-11-5-6-12-22-4-2)21-15-14-8-13-23-16(14)18(15)9-7-10-18/h14-16H,3-13H2,1-2H3,(H2,19,20,21). The van der Waals surface area contributed by atoms with Gasteiger partial charge in [-0.2, -0.15) is 0 Å². The Hall–Kier alpha value is -0.810. The van der Waals surface area contributed by atoms with Crippen LogP contribution in [0.15, 0.2) is 4.99 Å². The number of unbranched alkanes of at least 4 members (excludes halogenated alkanes) is 1. The van der Waals surface area contributed by atoms with Crippen molar-refractivity contribution >= 4 is 5.96 Å². The number of nitrogens with zero attached hydrogens (tertiary/aromatic N) is 1. The summed E-state index contributed by atoms with van der Waals surface area (Å²) in [6.07, 6.45) is 7.89. The molecule has 1 aliphatic heterocycles. The van der Waals surface area contributed by atoms with Gasteiger partial charge in [-0.25, -0.2) is 0 Å². The molecular weight excluding hydrogens is 290 g/mol. The number of nitrogens with one attached hydrogen (secondary N) is 2. The molecule has 2 N–H and O–H groups in total. The lowest BCUT2D eigenvalue weighted by molar-refractivity contribution is -0.171. The molecule has 0 bridgehead atoms. The van der Waals surface area contributed by atoms with Crippen molar-refractivity contribution in [3.05, 3.63) is 0 Å². The van der Waals surface area contributed by atoms with Crippen molar-refractivity contribution in [3.8, 4) is 0 Å². The highest BCUT2D eigenvalue weighted by atomic mass is 16.5. The summed E-state index contributed by atoms with van der Waals surface area (Å²) in [6, 6.07) is 0.560. The third-order valence-electron chi connectivity index (χ3n) is 5.84. The van der Waals surface area contributed by atoms with Crippen LogP contribution in [0, 0.1) is 11.3 Å². The molecule has 23 heavy (non-hydrogen) atoms. The largest absolute Gasteiger partial charge is 0.382 e. The monoisotopic (exact) mass is 323 g/mol. The summed E-state index contributed by atoms with van der Waals surface area (Å²) < 4.78 is 11.4. The minimum atomic E-state index is 0.409. The molecular formula is C18H33N3O2. The van der Waals surface area contributed by atoms with Crippen LogP contribution in [0.5, 0.6) is 0 Å². The van der Waals surface area contributed by atoms with Crippen LogP contribution in [0.25, 0.3) is 0 Å². The van der Waals surface area contributed by atoms with E-state index < -0.39 is 0 Å². The van der Waals surface area contributed by atoms with Gasteiger partial charge in [0.2, 0.25) is 0 Å². The summed E-state index contributed by atoms with van der Waals surface area (Å²) in [5.41, 5.74) is 0.409. The summed E-state index contributed by atoms with van der Waals surface area (Å²) in [6.45, 7) is 8.56. The van der Waals surface area contributed by atoms with Gasteiger partial charge in [-0.15, -0.1) is 0 Å².